The Labute approximate surface area is 110 Å². The number of nitrogens with zero attached hydrogens (tertiary/aromatic N) is 1. The molecule has 0 spiro atoms. The molecule has 2 rings (SSSR count). The minimum atomic E-state index is -0.00454. The third kappa shape index (κ3) is 2.56. The fraction of sp³-hybridized carbons (Fsp3) is 0.462. The van der Waals surface area contributed by atoms with E-state index in [0.29, 0.717) is 0 Å². The lowest BCUT2D eigenvalue weighted by Gasteiger charge is -2.20. The Morgan fingerprint density at radius 2 is 1.81 bits per heavy atom. The van der Waals surface area contributed by atoms with Crippen LogP contribution < -0.4 is 0 Å². The van der Waals surface area contributed by atoms with Gasteiger partial charge in [-0.2, -0.15) is 0 Å². The molecule has 0 unspecified atom stereocenters. The van der Waals surface area contributed by atoms with Crippen molar-refractivity contribution in [3.63, 3.8) is 0 Å². The molecule has 2 nitrogen and oxygen atoms in total. The van der Waals surface area contributed by atoms with E-state index in [1.54, 1.807) is 0 Å². The van der Waals surface area contributed by atoms with Gasteiger partial charge in [0.2, 0.25) is 5.91 Å². The lowest BCUT2D eigenvalue weighted by Crippen LogP contribution is -2.31. The van der Waals surface area contributed by atoms with Gasteiger partial charge in [0.25, 0.3) is 0 Å². The highest BCUT2D eigenvalue weighted by atomic mass is 127. The largest absolute Gasteiger partial charge is 0.342 e. The number of halogens is 1. The van der Waals surface area contributed by atoms with Crippen molar-refractivity contribution in [3.8, 4) is 0 Å². The fourth-order valence-corrected chi connectivity index (χ4v) is 2.46. The summed E-state index contributed by atoms with van der Waals surface area (Å²) in [6.45, 7) is 3.88. The van der Waals surface area contributed by atoms with Crippen LogP contribution in [-0.4, -0.2) is 23.9 Å². The zero-order chi connectivity index (χ0) is 11.5. The first kappa shape index (κ1) is 11.9. The molecule has 0 aliphatic carbocycles. The molecule has 1 aliphatic heterocycles. The van der Waals surface area contributed by atoms with Gasteiger partial charge in [-0.3, -0.25) is 4.79 Å². The first-order valence-corrected chi connectivity index (χ1v) is 6.80. The second-order valence-corrected chi connectivity index (χ2v) is 5.55. The van der Waals surface area contributed by atoms with Crippen LogP contribution in [0.1, 0.15) is 31.2 Å². The Balaban J connectivity index is 2.08. The quantitative estimate of drug-likeness (QED) is 0.764. The summed E-state index contributed by atoms with van der Waals surface area (Å²) >= 11 is 2.28. The van der Waals surface area contributed by atoms with Gasteiger partial charge in [-0.15, -0.1) is 0 Å². The van der Waals surface area contributed by atoms with Crippen molar-refractivity contribution in [3.05, 3.63) is 33.4 Å². The van der Waals surface area contributed by atoms with E-state index in [9.17, 15) is 4.79 Å². The molecule has 1 heterocycles. The summed E-state index contributed by atoms with van der Waals surface area (Å²) in [6, 6.07) is 8.23. The van der Waals surface area contributed by atoms with Crippen LogP contribution in [-0.2, 0) is 4.79 Å². The molecule has 0 N–H and O–H groups in total. The second kappa shape index (κ2) is 5.17. The molecule has 1 amide bonds. The highest BCUT2D eigenvalue weighted by Crippen LogP contribution is 2.21. The predicted molar refractivity (Wildman–Crippen MR) is 73.4 cm³/mol. The Hall–Kier alpha value is -0.580. The number of hydrogen-bond acceptors (Lipinski definition) is 1. The van der Waals surface area contributed by atoms with Crippen molar-refractivity contribution in [2.75, 3.05) is 13.1 Å². The summed E-state index contributed by atoms with van der Waals surface area (Å²) in [7, 11) is 0. The van der Waals surface area contributed by atoms with Crippen molar-refractivity contribution < 1.29 is 4.79 Å². The van der Waals surface area contributed by atoms with Crippen molar-refractivity contribution in [1.29, 1.82) is 0 Å². The molecule has 1 aromatic carbocycles. The smallest absolute Gasteiger partial charge is 0.229 e. The topological polar surface area (TPSA) is 20.3 Å². The van der Waals surface area contributed by atoms with Crippen LogP contribution in [0.3, 0.4) is 0 Å². The van der Waals surface area contributed by atoms with Gasteiger partial charge in [-0.05, 0) is 60.1 Å². The number of rotatable bonds is 2. The summed E-state index contributed by atoms with van der Waals surface area (Å²) in [5, 5.41) is 0. The van der Waals surface area contributed by atoms with Crippen molar-refractivity contribution in [2.45, 2.75) is 25.7 Å². The molecule has 0 saturated carbocycles. The monoisotopic (exact) mass is 329 g/mol. The van der Waals surface area contributed by atoms with Gasteiger partial charge in [0.15, 0.2) is 0 Å². The maximum absolute atomic E-state index is 12.2. The SMILES string of the molecule is C[C@@H](C(=O)N1CCCC1)c1ccc(I)cc1. The van der Waals surface area contributed by atoms with Crippen LogP contribution in [0.5, 0.6) is 0 Å². The highest BCUT2D eigenvalue weighted by molar-refractivity contribution is 14.1. The Morgan fingerprint density at radius 1 is 1.25 bits per heavy atom. The van der Waals surface area contributed by atoms with Crippen LogP contribution in [0.4, 0.5) is 0 Å². The van der Waals surface area contributed by atoms with Crippen molar-refractivity contribution in [1.82, 2.24) is 4.90 Å². The van der Waals surface area contributed by atoms with Crippen LogP contribution in [0.25, 0.3) is 0 Å². The molecule has 0 radical (unpaired) electrons. The molecule has 1 aromatic rings. The van der Waals surface area contributed by atoms with Crippen LogP contribution in [0.2, 0.25) is 0 Å². The van der Waals surface area contributed by atoms with E-state index >= 15 is 0 Å². The van der Waals surface area contributed by atoms with Crippen LogP contribution in [0, 0.1) is 3.57 Å². The third-order valence-corrected chi connectivity index (χ3v) is 3.88. The number of hydrogen-bond donors (Lipinski definition) is 0. The van der Waals surface area contributed by atoms with Crippen LogP contribution >= 0.6 is 22.6 Å². The van der Waals surface area contributed by atoms with Crippen molar-refractivity contribution in [2.24, 2.45) is 0 Å². The van der Waals surface area contributed by atoms with E-state index in [1.807, 2.05) is 11.8 Å². The molecular formula is C13H16INO. The fourth-order valence-electron chi connectivity index (χ4n) is 2.11. The van der Waals surface area contributed by atoms with Crippen LogP contribution in [0.15, 0.2) is 24.3 Å². The van der Waals surface area contributed by atoms with Gasteiger partial charge in [-0.1, -0.05) is 12.1 Å². The summed E-state index contributed by atoms with van der Waals surface area (Å²) < 4.78 is 1.21. The maximum Gasteiger partial charge on any atom is 0.229 e. The number of benzene rings is 1. The zero-order valence-corrected chi connectivity index (χ0v) is 11.6. The molecule has 0 bridgehead atoms. The molecule has 1 atom stereocenters. The summed E-state index contributed by atoms with van der Waals surface area (Å²) in [5.41, 5.74) is 1.12. The molecule has 3 heteroatoms. The van der Waals surface area contributed by atoms with Gasteiger partial charge >= 0.3 is 0 Å². The van der Waals surface area contributed by atoms with Crippen molar-refractivity contribution >= 4 is 28.5 Å². The summed E-state index contributed by atoms with van der Waals surface area (Å²) in [5.74, 6) is 0.272. The van der Waals surface area contributed by atoms with E-state index in [-0.39, 0.29) is 11.8 Å². The molecule has 16 heavy (non-hydrogen) atoms. The van der Waals surface area contributed by atoms with E-state index in [2.05, 4.69) is 46.9 Å². The molecule has 1 fully saturated rings. The second-order valence-electron chi connectivity index (χ2n) is 4.31. The average molecular weight is 329 g/mol. The van der Waals surface area contributed by atoms with Gasteiger partial charge in [-0.25, -0.2) is 0 Å². The zero-order valence-electron chi connectivity index (χ0n) is 9.45. The first-order valence-electron chi connectivity index (χ1n) is 5.73. The maximum atomic E-state index is 12.2. The normalized spacial score (nSPS) is 17.5. The Morgan fingerprint density at radius 3 is 2.38 bits per heavy atom. The third-order valence-electron chi connectivity index (χ3n) is 3.16. The predicted octanol–water partition coefficient (Wildman–Crippen LogP) is 3.02. The Bertz CT molecular complexity index is 368. The highest BCUT2D eigenvalue weighted by Gasteiger charge is 2.23. The van der Waals surface area contributed by atoms with Gasteiger partial charge < -0.3 is 4.90 Å². The lowest BCUT2D eigenvalue weighted by molar-refractivity contribution is -0.131. The lowest BCUT2D eigenvalue weighted by atomic mass is 10.00. The van der Waals surface area contributed by atoms with E-state index < -0.39 is 0 Å². The first-order chi connectivity index (χ1) is 7.68. The number of amides is 1. The van der Waals surface area contributed by atoms with E-state index in [0.717, 1.165) is 31.5 Å². The van der Waals surface area contributed by atoms with Gasteiger partial charge in [0.1, 0.15) is 0 Å². The van der Waals surface area contributed by atoms with Gasteiger partial charge in [0.05, 0.1) is 5.92 Å². The standard InChI is InChI=1S/C13H16INO/c1-10(11-4-6-12(14)7-5-11)13(16)15-8-2-3-9-15/h4-7,10H,2-3,8-9H2,1H3/t10-/m1/s1. The molecule has 1 aliphatic rings. The number of likely N-dealkylation sites (tertiary alicyclic amines) is 1. The van der Waals surface area contributed by atoms with E-state index in [1.165, 1.54) is 3.57 Å². The number of carbonyl (C=O) groups is 1. The number of carbonyl (C=O) groups excluding carboxylic acids is 1. The molecule has 0 aromatic heterocycles. The molecule has 86 valence electrons. The molecular weight excluding hydrogens is 313 g/mol. The minimum Gasteiger partial charge on any atom is -0.342 e. The molecule has 1 saturated heterocycles. The van der Waals surface area contributed by atoms with E-state index in [4.69, 9.17) is 0 Å². The average Bonchev–Trinajstić information content (AvgIpc) is 2.81. The minimum absolute atomic E-state index is 0.00454. The van der Waals surface area contributed by atoms with Gasteiger partial charge in [0, 0.05) is 16.7 Å². The Kier molecular flexibility index (Phi) is 3.84. The summed E-state index contributed by atoms with van der Waals surface area (Å²) in [4.78, 5) is 14.1. The summed E-state index contributed by atoms with van der Waals surface area (Å²) in [6.07, 6.45) is 2.32.